The van der Waals surface area contributed by atoms with E-state index in [1.165, 1.54) is 19.2 Å². The zero-order chi connectivity index (χ0) is 20.8. The van der Waals surface area contributed by atoms with Crippen molar-refractivity contribution in [3.63, 3.8) is 0 Å². The normalized spacial score (nSPS) is 10.4. The van der Waals surface area contributed by atoms with E-state index in [0.29, 0.717) is 11.3 Å². The summed E-state index contributed by atoms with van der Waals surface area (Å²) in [5, 5.41) is 2.72. The van der Waals surface area contributed by atoms with Crippen LogP contribution in [0.2, 0.25) is 0 Å². The molecule has 29 heavy (non-hydrogen) atoms. The molecule has 7 heteroatoms. The fourth-order valence-corrected chi connectivity index (χ4v) is 2.75. The van der Waals surface area contributed by atoms with Gasteiger partial charge in [-0.25, -0.2) is 13.6 Å². The molecular formula is C22H18F2N2O3. The summed E-state index contributed by atoms with van der Waals surface area (Å²) >= 11 is 0. The molecule has 0 unspecified atom stereocenters. The molecular weight excluding hydrogens is 378 g/mol. The smallest absolute Gasteiger partial charge is 0.337 e. The summed E-state index contributed by atoms with van der Waals surface area (Å²) in [7, 11) is 1.30. The summed E-state index contributed by atoms with van der Waals surface area (Å²) in [6.07, 6.45) is 1.30. The van der Waals surface area contributed by atoms with Crippen molar-refractivity contribution < 1.29 is 23.1 Å². The fraction of sp³-hybridized carbons (Fsp3) is 0.136. The van der Waals surface area contributed by atoms with Crippen molar-refractivity contribution in [1.29, 1.82) is 0 Å². The number of hydrogen-bond donors (Lipinski definition) is 1. The first kappa shape index (κ1) is 20.1. The number of carbonyl (C=O) groups excluding carboxylic acids is 2. The Labute approximate surface area is 166 Å². The highest BCUT2D eigenvalue weighted by Crippen LogP contribution is 2.15. The molecule has 0 atom stereocenters. The molecule has 148 valence electrons. The van der Waals surface area contributed by atoms with E-state index >= 15 is 0 Å². The Hall–Kier alpha value is -3.61. The molecule has 0 bridgehead atoms. The number of esters is 1. The average molecular weight is 396 g/mol. The van der Waals surface area contributed by atoms with Gasteiger partial charge in [0.25, 0.3) is 5.91 Å². The molecule has 0 aliphatic heterocycles. The predicted molar refractivity (Wildman–Crippen MR) is 102 cm³/mol. The van der Waals surface area contributed by atoms with Gasteiger partial charge in [0, 0.05) is 13.0 Å². The maximum atomic E-state index is 13.7. The Morgan fingerprint density at radius 1 is 0.966 bits per heavy atom. The van der Waals surface area contributed by atoms with Gasteiger partial charge >= 0.3 is 5.97 Å². The molecule has 0 saturated heterocycles. The van der Waals surface area contributed by atoms with E-state index in [2.05, 4.69) is 15.0 Å². The predicted octanol–water partition coefficient (Wildman–Crippen LogP) is 3.67. The van der Waals surface area contributed by atoms with Gasteiger partial charge in [0.15, 0.2) is 0 Å². The number of amides is 1. The molecule has 3 aromatic rings. The molecule has 1 amide bonds. The largest absolute Gasteiger partial charge is 0.465 e. The maximum Gasteiger partial charge on any atom is 0.337 e. The summed E-state index contributed by atoms with van der Waals surface area (Å²) < 4.78 is 31.4. The third kappa shape index (κ3) is 5.22. The number of carbonyl (C=O) groups is 2. The Bertz CT molecular complexity index is 1020. The molecule has 5 nitrogen and oxygen atoms in total. The third-order valence-electron chi connectivity index (χ3n) is 4.29. The van der Waals surface area contributed by atoms with Crippen LogP contribution >= 0.6 is 0 Å². The lowest BCUT2D eigenvalue weighted by atomic mass is 10.0. The summed E-state index contributed by atoms with van der Waals surface area (Å²) in [5.41, 5.74) is 2.41. The fourth-order valence-electron chi connectivity index (χ4n) is 2.75. The van der Waals surface area contributed by atoms with Crippen LogP contribution in [0.25, 0.3) is 0 Å². The highest BCUT2D eigenvalue weighted by molar-refractivity contribution is 5.95. The Kier molecular flexibility index (Phi) is 6.29. The van der Waals surface area contributed by atoms with E-state index in [4.69, 9.17) is 0 Å². The van der Waals surface area contributed by atoms with Crippen molar-refractivity contribution >= 4 is 11.9 Å². The minimum absolute atomic E-state index is 0.112. The number of hydrogen-bond acceptors (Lipinski definition) is 4. The van der Waals surface area contributed by atoms with Crippen molar-refractivity contribution in [2.24, 2.45) is 0 Å². The van der Waals surface area contributed by atoms with Crippen LogP contribution in [-0.2, 0) is 17.7 Å². The number of benzene rings is 2. The van der Waals surface area contributed by atoms with Crippen LogP contribution in [0, 0.1) is 11.6 Å². The van der Waals surface area contributed by atoms with Crippen molar-refractivity contribution in [3.8, 4) is 0 Å². The summed E-state index contributed by atoms with van der Waals surface area (Å²) in [4.78, 5) is 28.1. The van der Waals surface area contributed by atoms with Crippen LogP contribution in [0.15, 0.2) is 60.8 Å². The van der Waals surface area contributed by atoms with E-state index in [1.807, 2.05) is 0 Å². The molecule has 0 spiro atoms. The van der Waals surface area contributed by atoms with Crippen LogP contribution in [0.1, 0.15) is 37.5 Å². The third-order valence-corrected chi connectivity index (χ3v) is 4.29. The number of nitrogens with zero attached hydrogens (tertiary/aromatic N) is 1. The molecule has 1 N–H and O–H groups in total. The van der Waals surface area contributed by atoms with E-state index in [1.54, 1.807) is 36.4 Å². The van der Waals surface area contributed by atoms with Gasteiger partial charge in [-0.1, -0.05) is 24.3 Å². The lowest BCUT2D eigenvalue weighted by Gasteiger charge is -2.10. The van der Waals surface area contributed by atoms with E-state index in [0.717, 1.165) is 23.4 Å². The Morgan fingerprint density at radius 2 is 1.62 bits per heavy atom. The number of pyridine rings is 1. The number of aromatic nitrogens is 1. The zero-order valence-electron chi connectivity index (χ0n) is 15.6. The number of rotatable bonds is 6. The second kappa shape index (κ2) is 9.05. The van der Waals surface area contributed by atoms with Crippen LogP contribution in [0.3, 0.4) is 0 Å². The monoisotopic (exact) mass is 396 g/mol. The SMILES string of the molecule is COC(=O)c1ccc(CNC(=O)c2cc(F)cnc2Cc2ccc(F)cc2)cc1. The zero-order valence-corrected chi connectivity index (χ0v) is 15.6. The van der Waals surface area contributed by atoms with Gasteiger partial charge in [-0.2, -0.15) is 0 Å². The van der Waals surface area contributed by atoms with Gasteiger partial charge in [0.2, 0.25) is 0 Å². The molecule has 0 aliphatic carbocycles. The molecule has 0 saturated carbocycles. The number of halogens is 2. The maximum absolute atomic E-state index is 13.7. The van der Waals surface area contributed by atoms with Crippen LogP contribution in [-0.4, -0.2) is 24.0 Å². The highest BCUT2D eigenvalue weighted by Gasteiger charge is 2.15. The topological polar surface area (TPSA) is 68.3 Å². The summed E-state index contributed by atoms with van der Waals surface area (Å²) in [5.74, 6) is -1.92. The van der Waals surface area contributed by atoms with Crippen molar-refractivity contribution in [1.82, 2.24) is 10.3 Å². The van der Waals surface area contributed by atoms with Crippen molar-refractivity contribution in [2.45, 2.75) is 13.0 Å². The molecule has 0 radical (unpaired) electrons. The van der Waals surface area contributed by atoms with Crippen LogP contribution in [0.4, 0.5) is 8.78 Å². The Balaban J connectivity index is 1.72. The van der Waals surface area contributed by atoms with Gasteiger partial charge in [-0.15, -0.1) is 0 Å². The van der Waals surface area contributed by atoms with Gasteiger partial charge in [-0.05, 0) is 41.5 Å². The van der Waals surface area contributed by atoms with E-state index < -0.39 is 17.7 Å². The van der Waals surface area contributed by atoms with E-state index in [-0.39, 0.29) is 24.3 Å². The Morgan fingerprint density at radius 3 is 2.28 bits per heavy atom. The first-order chi connectivity index (χ1) is 14.0. The summed E-state index contributed by atoms with van der Waals surface area (Å²) in [6.45, 7) is 0.187. The number of ether oxygens (including phenoxy) is 1. The molecule has 0 aliphatic rings. The van der Waals surface area contributed by atoms with Crippen LogP contribution in [0.5, 0.6) is 0 Å². The molecule has 0 fully saturated rings. The van der Waals surface area contributed by atoms with Crippen molar-refractivity contribution in [3.05, 3.63) is 100 Å². The van der Waals surface area contributed by atoms with E-state index in [9.17, 15) is 18.4 Å². The van der Waals surface area contributed by atoms with Gasteiger partial charge in [0.05, 0.1) is 30.1 Å². The molecule has 2 aromatic carbocycles. The lowest BCUT2D eigenvalue weighted by molar-refractivity contribution is 0.0600. The molecule has 1 aromatic heterocycles. The first-order valence-corrected chi connectivity index (χ1v) is 8.80. The standard InChI is InChI=1S/C22H18F2N2O3/c1-29-22(28)16-6-2-15(3-7-16)12-26-21(27)19-11-18(24)13-25-20(19)10-14-4-8-17(23)9-5-14/h2-9,11,13H,10,12H2,1H3,(H,26,27). The minimum atomic E-state index is -0.625. The highest BCUT2D eigenvalue weighted by atomic mass is 19.1. The second-order valence-corrected chi connectivity index (χ2v) is 6.32. The lowest BCUT2D eigenvalue weighted by Crippen LogP contribution is -2.24. The van der Waals surface area contributed by atoms with Gasteiger partial charge in [-0.3, -0.25) is 9.78 Å². The number of methoxy groups -OCH3 is 1. The average Bonchev–Trinajstić information content (AvgIpc) is 2.74. The number of nitrogens with one attached hydrogen (secondary N) is 1. The molecule has 1 heterocycles. The first-order valence-electron chi connectivity index (χ1n) is 8.80. The molecule has 3 rings (SSSR count). The quantitative estimate of drug-likeness (QED) is 0.646. The van der Waals surface area contributed by atoms with Gasteiger partial charge < -0.3 is 10.1 Å². The van der Waals surface area contributed by atoms with Gasteiger partial charge in [0.1, 0.15) is 11.6 Å². The summed E-state index contributed by atoms with van der Waals surface area (Å²) in [6, 6.07) is 13.5. The van der Waals surface area contributed by atoms with Crippen molar-refractivity contribution in [2.75, 3.05) is 7.11 Å². The van der Waals surface area contributed by atoms with Crippen LogP contribution < -0.4 is 5.32 Å². The second-order valence-electron chi connectivity index (χ2n) is 6.32. The minimum Gasteiger partial charge on any atom is -0.465 e.